The van der Waals surface area contributed by atoms with Crippen LogP contribution in [0.25, 0.3) is 5.82 Å². The van der Waals surface area contributed by atoms with Crippen LogP contribution in [-0.2, 0) is 17.8 Å². The average Bonchev–Trinajstić information content (AvgIpc) is 3.16. The highest BCUT2D eigenvalue weighted by Crippen LogP contribution is 2.17. The maximum absolute atomic E-state index is 12.2. The molecule has 3 aromatic heterocycles. The van der Waals surface area contributed by atoms with Crippen molar-refractivity contribution in [2.75, 3.05) is 0 Å². The zero-order valence-electron chi connectivity index (χ0n) is 13.0. The number of imidazole rings is 1. The standard InChI is InChI=1S/C16H17N5OS/c1-11-14(23-12(2)20-11)8-15(22)19-9-13-4-3-5-18-16(13)21-7-6-17-10-21/h3-7,10H,8-9H2,1-2H3,(H,19,22). The lowest BCUT2D eigenvalue weighted by Gasteiger charge is -2.10. The molecule has 0 saturated heterocycles. The Morgan fingerprint density at radius 3 is 2.91 bits per heavy atom. The van der Waals surface area contributed by atoms with Crippen LogP contribution in [0.15, 0.2) is 37.1 Å². The minimum absolute atomic E-state index is 0.0165. The first kappa shape index (κ1) is 15.4. The Kier molecular flexibility index (Phi) is 4.47. The van der Waals surface area contributed by atoms with E-state index in [0.29, 0.717) is 13.0 Å². The molecule has 3 rings (SSSR count). The zero-order valence-corrected chi connectivity index (χ0v) is 13.8. The molecule has 3 heterocycles. The molecule has 0 bridgehead atoms. The number of aryl methyl sites for hydroxylation is 2. The molecule has 0 aromatic carbocycles. The van der Waals surface area contributed by atoms with Crippen molar-refractivity contribution in [2.45, 2.75) is 26.8 Å². The Bertz CT molecular complexity index is 810. The van der Waals surface area contributed by atoms with E-state index in [1.54, 1.807) is 30.1 Å². The molecule has 6 nitrogen and oxygen atoms in total. The van der Waals surface area contributed by atoms with Gasteiger partial charge in [-0.3, -0.25) is 9.36 Å². The summed E-state index contributed by atoms with van der Waals surface area (Å²) >= 11 is 1.57. The van der Waals surface area contributed by atoms with E-state index in [-0.39, 0.29) is 5.91 Å². The number of pyridine rings is 1. The molecule has 0 fully saturated rings. The maximum Gasteiger partial charge on any atom is 0.225 e. The van der Waals surface area contributed by atoms with Crippen LogP contribution in [0.2, 0.25) is 0 Å². The second kappa shape index (κ2) is 6.70. The van der Waals surface area contributed by atoms with Crippen molar-refractivity contribution in [3.63, 3.8) is 0 Å². The first-order valence-corrected chi connectivity index (χ1v) is 8.07. The molecule has 0 radical (unpaired) electrons. The predicted octanol–water partition coefficient (Wildman–Crippen LogP) is 2.20. The Labute approximate surface area is 138 Å². The minimum atomic E-state index is -0.0165. The van der Waals surface area contributed by atoms with E-state index in [4.69, 9.17) is 0 Å². The Morgan fingerprint density at radius 1 is 1.35 bits per heavy atom. The number of hydrogen-bond donors (Lipinski definition) is 1. The monoisotopic (exact) mass is 327 g/mol. The van der Waals surface area contributed by atoms with Crippen molar-refractivity contribution in [3.05, 3.63) is 58.2 Å². The maximum atomic E-state index is 12.2. The van der Waals surface area contributed by atoms with Crippen LogP contribution in [-0.4, -0.2) is 25.4 Å². The third kappa shape index (κ3) is 3.62. The lowest BCUT2D eigenvalue weighted by molar-refractivity contribution is -0.120. The van der Waals surface area contributed by atoms with Gasteiger partial charge in [0.05, 0.1) is 17.1 Å². The van der Waals surface area contributed by atoms with Crippen LogP contribution in [0, 0.1) is 13.8 Å². The first-order valence-electron chi connectivity index (χ1n) is 7.25. The highest BCUT2D eigenvalue weighted by atomic mass is 32.1. The molecule has 0 aliphatic rings. The summed E-state index contributed by atoms with van der Waals surface area (Å²) in [4.78, 5) is 25.9. The van der Waals surface area contributed by atoms with Crippen molar-refractivity contribution >= 4 is 17.2 Å². The molecule has 1 amide bonds. The van der Waals surface area contributed by atoms with Gasteiger partial charge < -0.3 is 5.32 Å². The number of nitrogens with one attached hydrogen (secondary N) is 1. The summed E-state index contributed by atoms with van der Waals surface area (Å²) in [6.07, 6.45) is 7.31. The smallest absolute Gasteiger partial charge is 0.225 e. The van der Waals surface area contributed by atoms with Gasteiger partial charge in [-0.2, -0.15) is 0 Å². The van der Waals surface area contributed by atoms with Gasteiger partial charge in [0.15, 0.2) is 0 Å². The summed E-state index contributed by atoms with van der Waals surface area (Å²) in [5, 5.41) is 3.94. The summed E-state index contributed by atoms with van der Waals surface area (Å²) in [5.74, 6) is 0.757. The van der Waals surface area contributed by atoms with Crippen LogP contribution >= 0.6 is 11.3 Å². The Hall–Kier alpha value is -2.54. The SMILES string of the molecule is Cc1nc(C)c(CC(=O)NCc2cccnc2-n2ccnc2)s1. The van der Waals surface area contributed by atoms with Crippen LogP contribution in [0.4, 0.5) is 0 Å². The summed E-state index contributed by atoms with van der Waals surface area (Å²) < 4.78 is 1.83. The highest BCUT2D eigenvalue weighted by Gasteiger charge is 2.11. The topological polar surface area (TPSA) is 72.7 Å². The molecule has 0 aliphatic carbocycles. The Balaban J connectivity index is 1.67. The quantitative estimate of drug-likeness (QED) is 0.780. The van der Waals surface area contributed by atoms with E-state index in [1.807, 2.05) is 36.7 Å². The van der Waals surface area contributed by atoms with Crippen LogP contribution in [0.5, 0.6) is 0 Å². The van der Waals surface area contributed by atoms with Gasteiger partial charge in [-0.05, 0) is 19.9 Å². The average molecular weight is 327 g/mol. The fraction of sp³-hybridized carbons (Fsp3) is 0.250. The molecule has 7 heteroatoms. The highest BCUT2D eigenvalue weighted by molar-refractivity contribution is 7.11. The van der Waals surface area contributed by atoms with E-state index in [9.17, 15) is 4.79 Å². The second-order valence-electron chi connectivity index (χ2n) is 5.15. The predicted molar refractivity (Wildman–Crippen MR) is 88.5 cm³/mol. The largest absolute Gasteiger partial charge is 0.352 e. The van der Waals surface area contributed by atoms with E-state index in [1.165, 1.54) is 0 Å². The fourth-order valence-electron chi connectivity index (χ4n) is 2.32. The van der Waals surface area contributed by atoms with E-state index >= 15 is 0 Å². The number of rotatable bonds is 5. The first-order chi connectivity index (χ1) is 11.1. The summed E-state index contributed by atoms with van der Waals surface area (Å²) in [6.45, 7) is 4.31. The molecule has 0 saturated carbocycles. The van der Waals surface area contributed by atoms with Gasteiger partial charge in [0.25, 0.3) is 0 Å². The van der Waals surface area contributed by atoms with Crippen LogP contribution in [0.3, 0.4) is 0 Å². The molecular formula is C16H17N5OS. The second-order valence-corrected chi connectivity index (χ2v) is 6.44. The van der Waals surface area contributed by atoms with Gasteiger partial charge in [0, 0.05) is 35.6 Å². The third-order valence-electron chi connectivity index (χ3n) is 3.41. The Morgan fingerprint density at radius 2 is 2.22 bits per heavy atom. The number of aromatic nitrogens is 4. The molecule has 0 aliphatic heterocycles. The third-order valence-corrected chi connectivity index (χ3v) is 4.49. The number of nitrogens with zero attached hydrogens (tertiary/aromatic N) is 4. The molecule has 23 heavy (non-hydrogen) atoms. The number of hydrogen-bond acceptors (Lipinski definition) is 5. The number of amides is 1. The number of carbonyl (C=O) groups excluding carboxylic acids is 1. The normalized spacial score (nSPS) is 10.7. The van der Waals surface area contributed by atoms with Crippen molar-refractivity contribution in [3.8, 4) is 5.82 Å². The lowest BCUT2D eigenvalue weighted by Crippen LogP contribution is -2.25. The molecule has 0 spiro atoms. The molecule has 0 unspecified atom stereocenters. The summed E-state index contributed by atoms with van der Waals surface area (Å²) in [6, 6.07) is 3.81. The van der Waals surface area contributed by atoms with Gasteiger partial charge >= 0.3 is 0 Å². The van der Waals surface area contributed by atoms with Gasteiger partial charge in [-0.25, -0.2) is 15.0 Å². The molecule has 3 aromatic rings. The van der Waals surface area contributed by atoms with Gasteiger partial charge in [0.2, 0.25) is 5.91 Å². The van der Waals surface area contributed by atoms with Crippen molar-refractivity contribution < 1.29 is 4.79 Å². The van der Waals surface area contributed by atoms with Crippen LogP contribution < -0.4 is 5.32 Å². The van der Waals surface area contributed by atoms with Gasteiger partial charge in [0.1, 0.15) is 12.1 Å². The molecule has 0 atom stereocenters. The molecule has 118 valence electrons. The van der Waals surface area contributed by atoms with E-state index in [2.05, 4.69) is 20.3 Å². The van der Waals surface area contributed by atoms with E-state index in [0.717, 1.165) is 27.0 Å². The lowest BCUT2D eigenvalue weighted by atomic mass is 10.2. The fourth-order valence-corrected chi connectivity index (χ4v) is 3.26. The number of carbonyl (C=O) groups is 1. The van der Waals surface area contributed by atoms with Gasteiger partial charge in [-0.15, -0.1) is 11.3 Å². The molecule has 1 N–H and O–H groups in total. The van der Waals surface area contributed by atoms with Gasteiger partial charge in [-0.1, -0.05) is 6.07 Å². The number of thiazole rings is 1. The molecular weight excluding hydrogens is 310 g/mol. The van der Waals surface area contributed by atoms with Crippen LogP contribution in [0.1, 0.15) is 21.1 Å². The minimum Gasteiger partial charge on any atom is -0.352 e. The zero-order chi connectivity index (χ0) is 16.2. The van der Waals surface area contributed by atoms with Crippen molar-refractivity contribution in [1.29, 1.82) is 0 Å². The van der Waals surface area contributed by atoms with Crippen molar-refractivity contribution in [1.82, 2.24) is 24.8 Å². The van der Waals surface area contributed by atoms with E-state index < -0.39 is 0 Å². The summed E-state index contributed by atoms with van der Waals surface area (Å²) in [7, 11) is 0. The van der Waals surface area contributed by atoms with Crippen molar-refractivity contribution in [2.24, 2.45) is 0 Å². The summed E-state index contributed by atoms with van der Waals surface area (Å²) in [5.41, 5.74) is 1.87.